The van der Waals surface area contributed by atoms with Gasteiger partial charge in [0, 0.05) is 0 Å². The van der Waals surface area contributed by atoms with Gasteiger partial charge in [-0.3, -0.25) is 0 Å². The van der Waals surface area contributed by atoms with Crippen molar-refractivity contribution < 1.29 is 0 Å². The van der Waals surface area contributed by atoms with Crippen LogP contribution in [0.15, 0.2) is 0 Å². The van der Waals surface area contributed by atoms with Crippen LogP contribution in [0.3, 0.4) is 0 Å². The van der Waals surface area contributed by atoms with Crippen LogP contribution in [0.4, 0.5) is 0 Å². The minimum atomic E-state index is 0.794. The van der Waals surface area contributed by atoms with Gasteiger partial charge in [0.25, 0.3) is 0 Å². The Kier molecular flexibility index (Phi) is 5.57. The Morgan fingerprint density at radius 2 is 1.55 bits per heavy atom. The molecule has 68 valence electrons. The second kappa shape index (κ2) is 5.59. The fraction of sp³-hybridized carbons (Fsp3) is 1.00. The monoisotopic (exact) mass is 157 g/mol. The lowest BCUT2D eigenvalue weighted by Gasteiger charge is -2.20. The van der Waals surface area contributed by atoms with Crippen LogP contribution in [0, 0.1) is 17.8 Å². The molecule has 0 heterocycles. The van der Waals surface area contributed by atoms with Gasteiger partial charge in [0.15, 0.2) is 0 Å². The van der Waals surface area contributed by atoms with Gasteiger partial charge >= 0.3 is 0 Å². The fourth-order valence-electron chi connectivity index (χ4n) is 1.52. The van der Waals surface area contributed by atoms with E-state index in [0.717, 1.165) is 24.3 Å². The van der Waals surface area contributed by atoms with Gasteiger partial charge in [-0.25, -0.2) is 0 Å². The standard InChI is InChI=1S/C10H23N/c1-8(2)7-10(4)9(3)5-6-11/h8-10H,5-7,11H2,1-4H3/t9-,10?/m1/s1. The first-order valence-electron chi connectivity index (χ1n) is 4.78. The molecule has 2 N–H and O–H groups in total. The molecule has 0 saturated heterocycles. The van der Waals surface area contributed by atoms with Gasteiger partial charge in [0.1, 0.15) is 0 Å². The third kappa shape index (κ3) is 5.25. The molecule has 0 rings (SSSR count). The number of hydrogen-bond donors (Lipinski definition) is 1. The third-order valence-corrected chi connectivity index (χ3v) is 2.44. The highest BCUT2D eigenvalue weighted by Crippen LogP contribution is 2.21. The second-order valence-electron chi connectivity index (χ2n) is 4.16. The van der Waals surface area contributed by atoms with E-state index in [1.54, 1.807) is 0 Å². The first kappa shape index (κ1) is 11.0. The Morgan fingerprint density at radius 3 is 1.91 bits per heavy atom. The third-order valence-electron chi connectivity index (χ3n) is 2.44. The van der Waals surface area contributed by atoms with E-state index in [2.05, 4.69) is 27.7 Å². The molecule has 0 radical (unpaired) electrons. The van der Waals surface area contributed by atoms with Crippen molar-refractivity contribution in [2.75, 3.05) is 6.54 Å². The van der Waals surface area contributed by atoms with E-state index in [0.29, 0.717) is 0 Å². The smallest absolute Gasteiger partial charge is 0.00746 e. The molecule has 11 heavy (non-hydrogen) atoms. The van der Waals surface area contributed by atoms with E-state index < -0.39 is 0 Å². The van der Waals surface area contributed by atoms with Crippen molar-refractivity contribution in [3.63, 3.8) is 0 Å². The van der Waals surface area contributed by atoms with Gasteiger partial charge in [-0.05, 0) is 37.1 Å². The minimum absolute atomic E-state index is 0.794. The quantitative estimate of drug-likeness (QED) is 0.652. The summed E-state index contributed by atoms with van der Waals surface area (Å²) in [5.74, 6) is 2.45. The van der Waals surface area contributed by atoms with E-state index in [-0.39, 0.29) is 0 Å². The van der Waals surface area contributed by atoms with Gasteiger partial charge < -0.3 is 5.73 Å². The SMILES string of the molecule is CC(C)CC(C)[C@H](C)CCN. The molecule has 0 bridgehead atoms. The lowest BCUT2D eigenvalue weighted by Crippen LogP contribution is -2.14. The Balaban J connectivity index is 3.54. The molecular formula is C10H23N. The van der Waals surface area contributed by atoms with Crippen molar-refractivity contribution >= 4 is 0 Å². The van der Waals surface area contributed by atoms with Gasteiger partial charge in [-0.15, -0.1) is 0 Å². The summed E-state index contributed by atoms with van der Waals surface area (Å²) in [5, 5.41) is 0. The van der Waals surface area contributed by atoms with Crippen molar-refractivity contribution in [3.05, 3.63) is 0 Å². The van der Waals surface area contributed by atoms with E-state index in [9.17, 15) is 0 Å². The average Bonchev–Trinajstić information content (AvgIpc) is 1.86. The highest BCUT2D eigenvalue weighted by atomic mass is 14.5. The molecule has 0 aromatic carbocycles. The van der Waals surface area contributed by atoms with E-state index in [4.69, 9.17) is 5.73 Å². The average molecular weight is 157 g/mol. The summed E-state index contributed by atoms with van der Waals surface area (Å²) < 4.78 is 0. The van der Waals surface area contributed by atoms with Crippen LogP contribution in [0.2, 0.25) is 0 Å². The summed E-state index contributed by atoms with van der Waals surface area (Å²) in [7, 11) is 0. The molecule has 0 aliphatic carbocycles. The molecule has 0 saturated carbocycles. The zero-order valence-corrected chi connectivity index (χ0v) is 8.43. The van der Waals surface area contributed by atoms with Crippen LogP contribution in [0.5, 0.6) is 0 Å². The summed E-state index contributed by atoms with van der Waals surface area (Å²) in [6.45, 7) is 10.0. The molecule has 0 spiro atoms. The van der Waals surface area contributed by atoms with Crippen LogP contribution >= 0.6 is 0 Å². The van der Waals surface area contributed by atoms with Crippen molar-refractivity contribution in [3.8, 4) is 0 Å². The molecule has 1 unspecified atom stereocenters. The maximum atomic E-state index is 5.50. The lowest BCUT2D eigenvalue weighted by atomic mass is 9.86. The second-order valence-corrected chi connectivity index (χ2v) is 4.16. The summed E-state index contributed by atoms with van der Waals surface area (Å²) in [6.07, 6.45) is 2.51. The lowest BCUT2D eigenvalue weighted by molar-refractivity contribution is 0.311. The number of rotatable bonds is 5. The molecule has 0 fully saturated rings. The molecule has 1 nitrogen and oxygen atoms in total. The molecule has 0 amide bonds. The predicted octanol–water partition coefficient (Wildman–Crippen LogP) is 2.65. The predicted molar refractivity (Wildman–Crippen MR) is 51.5 cm³/mol. The summed E-state index contributed by atoms with van der Waals surface area (Å²) >= 11 is 0. The molecule has 0 aromatic rings. The minimum Gasteiger partial charge on any atom is -0.330 e. The van der Waals surface area contributed by atoms with Gasteiger partial charge in [-0.1, -0.05) is 27.7 Å². The molecule has 2 atom stereocenters. The molecular weight excluding hydrogens is 134 g/mol. The molecule has 0 aliphatic heterocycles. The normalized spacial score (nSPS) is 16.9. The zero-order chi connectivity index (χ0) is 8.85. The Labute approximate surface area is 71.4 Å². The first-order valence-corrected chi connectivity index (χ1v) is 4.78. The summed E-state index contributed by atoms with van der Waals surface area (Å²) in [5.41, 5.74) is 5.50. The Morgan fingerprint density at radius 1 is 1.00 bits per heavy atom. The van der Waals surface area contributed by atoms with Crippen LogP contribution in [0.1, 0.15) is 40.5 Å². The Hall–Kier alpha value is -0.0400. The summed E-state index contributed by atoms with van der Waals surface area (Å²) in [6, 6.07) is 0. The first-order chi connectivity index (χ1) is 5.07. The van der Waals surface area contributed by atoms with Crippen LogP contribution in [-0.4, -0.2) is 6.54 Å². The Bertz CT molecular complexity index is 88.9. The molecule has 0 aliphatic rings. The summed E-state index contributed by atoms with van der Waals surface area (Å²) in [4.78, 5) is 0. The number of hydrogen-bond acceptors (Lipinski definition) is 1. The number of nitrogens with two attached hydrogens (primary N) is 1. The van der Waals surface area contributed by atoms with Crippen LogP contribution < -0.4 is 5.73 Å². The van der Waals surface area contributed by atoms with Crippen LogP contribution in [0.25, 0.3) is 0 Å². The highest BCUT2D eigenvalue weighted by Gasteiger charge is 2.12. The van der Waals surface area contributed by atoms with Gasteiger partial charge in [0.2, 0.25) is 0 Å². The van der Waals surface area contributed by atoms with Crippen molar-refractivity contribution in [2.24, 2.45) is 23.5 Å². The topological polar surface area (TPSA) is 26.0 Å². The van der Waals surface area contributed by atoms with E-state index in [1.165, 1.54) is 12.8 Å². The van der Waals surface area contributed by atoms with Gasteiger partial charge in [-0.2, -0.15) is 0 Å². The van der Waals surface area contributed by atoms with Crippen molar-refractivity contribution in [2.45, 2.75) is 40.5 Å². The van der Waals surface area contributed by atoms with Crippen molar-refractivity contribution in [1.82, 2.24) is 0 Å². The van der Waals surface area contributed by atoms with Gasteiger partial charge in [0.05, 0.1) is 0 Å². The fourth-order valence-corrected chi connectivity index (χ4v) is 1.52. The highest BCUT2D eigenvalue weighted by molar-refractivity contribution is 4.63. The molecule has 1 heteroatoms. The van der Waals surface area contributed by atoms with Crippen LogP contribution in [-0.2, 0) is 0 Å². The van der Waals surface area contributed by atoms with E-state index >= 15 is 0 Å². The largest absolute Gasteiger partial charge is 0.330 e. The van der Waals surface area contributed by atoms with Crippen molar-refractivity contribution in [1.29, 1.82) is 0 Å². The maximum absolute atomic E-state index is 5.50. The zero-order valence-electron chi connectivity index (χ0n) is 8.43. The van der Waals surface area contributed by atoms with E-state index in [1.807, 2.05) is 0 Å². The molecule has 0 aromatic heterocycles. The maximum Gasteiger partial charge on any atom is -0.00746 e.